The first kappa shape index (κ1) is 15.0. The summed E-state index contributed by atoms with van der Waals surface area (Å²) in [5, 5.41) is 3.16. The molecule has 0 heterocycles. The van der Waals surface area contributed by atoms with Crippen LogP contribution in [0.1, 0.15) is 45.6 Å². The standard InChI is InChI=1S/C16H27NO/c1-16(2,3)14-10-6-7-11-15(14)18-13-9-5-8-12-17-4/h6-7,10-11,17H,5,8-9,12-13H2,1-4H3. The van der Waals surface area contributed by atoms with Crippen LogP contribution in [0.15, 0.2) is 24.3 Å². The maximum absolute atomic E-state index is 5.92. The van der Waals surface area contributed by atoms with Gasteiger partial charge in [0.15, 0.2) is 0 Å². The Hall–Kier alpha value is -1.02. The molecular weight excluding hydrogens is 222 g/mol. The first-order valence-corrected chi connectivity index (χ1v) is 6.92. The van der Waals surface area contributed by atoms with Gasteiger partial charge in [0, 0.05) is 0 Å². The highest BCUT2D eigenvalue weighted by Crippen LogP contribution is 2.30. The quantitative estimate of drug-likeness (QED) is 0.743. The van der Waals surface area contributed by atoms with Gasteiger partial charge in [-0.3, -0.25) is 0 Å². The maximum Gasteiger partial charge on any atom is 0.123 e. The zero-order valence-electron chi connectivity index (χ0n) is 12.3. The summed E-state index contributed by atoms with van der Waals surface area (Å²) in [7, 11) is 2.00. The van der Waals surface area contributed by atoms with Crippen LogP contribution in [0.4, 0.5) is 0 Å². The van der Waals surface area contributed by atoms with E-state index in [9.17, 15) is 0 Å². The minimum Gasteiger partial charge on any atom is -0.493 e. The molecule has 0 bridgehead atoms. The molecule has 1 rings (SSSR count). The van der Waals surface area contributed by atoms with E-state index in [4.69, 9.17) is 4.74 Å². The van der Waals surface area contributed by atoms with Gasteiger partial charge in [0.2, 0.25) is 0 Å². The van der Waals surface area contributed by atoms with E-state index >= 15 is 0 Å². The molecular formula is C16H27NO. The Morgan fingerprint density at radius 1 is 1.06 bits per heavy atom. The molecule has 0 amide bonds. The lowest BCUT2D eigenvalue weighted by molar-refractivity contribution is 0.297. The number of para-hydroxylation sites is 1. The second kappa shape index (κ2) is 7.42. The van der Waals surface area contributed by atoms with Gasteiger partial charge in [-0.2, -0.15) is 0 Å². The smallest absolute Gasteiger partial charge is 0.123 e. The number of hydrogen-bond donors (Lipinski definition) is 1. The number of hydrogen-bond acceptors (Lipinski definition) is 2. The van der Waals surface area contributed by atoms with E-state index in [1.54, 1.807) is 0 Å². The van der Waals surface area contributed by atoms with Crippen molar-refractivity contribution in [3.05, 3.63) is 29.8 Å². The Morgan fingerprint density at radius 2 is 1.78 bits per heavy atom. The lowest BCUT2D eigenvalue weighted by Crippen LogP contribution is -2.13. The van der Waals surface area contributed by atoms with Gasteiger partial charge in [0.05, 0.1) is 6.61 Å². The van der Waals surface area contributed by atoms with Gasteiger partial charge >= 0.3 is 0 Å². The second-order valence-electron chi connectivity index (χ2n) is 5.76. The van der Waals surface area contributed by atoms with Crippen molar-refractivity contribution in [2.75, 3.05) is 20.2 Å². The van der Waals surface area contributed by atoms with Crippen molar-refractivity contribution >= 4 is 0 Å². The second-order valence-corrected chi connectivity index (χ2v) is 5.76. The van der Waals surface area contributed by atoms with Crippen LogP contribution in [0.25, 0.3) is 0 Å². The van der Waals surface area contributed by atoms with Crippen LogP contribution in [0.2, 0.25) is 0 Å². The molecule has 18 heavy (non-hydrogen) atoms. The van der Waals surface area contributed by atoms with Gasteiger partial charge in [0.1, 0.15) is 5.75 Å². The van der Waals surface area contributed by atoms with E-state index in [-0.39, 0.29) is 5.41 Å². The zero-order chi connectivity index (χ0) is 13.4. The lowest BCUT2D eigenvalue weighted by Gasteiger charge is -2.22. The molecule has 0 aliphatic heterocycles. The van der Waals surface area contributed by atoms with Crippen molar-refractivity contribution in [1.82, 2.24) is 5.32 Å². The molecule has 0 aliphatic carbocycles. The normalized spacial score (nSPS) is 11.6. The van der Waals surface area contributed by atoms with Crippen LogP contribution >= 0.6 is 0 Å². The molecule has 0 aliphatic rings. The summed E-state index contributed by atoms with van der Waals surface area (Å²) in [6, 6.07) is 8.37. The maximum atomic E-state index is 5.92. The monoisotopic (exact) mass is 249 g/mol. The number of ether oxygens (including phenoxy) is 1. The van der Waals surface area contributed by atoms with Crippen LogP contribution in [-0.4, -0.2) is 20.2 Å². The van der Waals surface area contributed by atoms with Crippen LogP contribution < -0.4 is 10.1 Å². The molecule has 0 atom stereocenters. The van der Waals surface area contributed by atoms with E-state index < -0.39 is 0 Å². The Labute approximate surface area is 112 Å². The van der Waals surface area contributed by atoms with E-state index in [0.717, 1.165) is 25.3 Å². The Balaban J connectivity index is 2.43. The van der Waals surface area contributed by atoms with E-state index in [1.165, 1.54) is 18.4 Å². The molecule has 0 unspecified atom stereocenters. The predicted molar refractivity (Wildman–Crippen MR) is 78.4 cm³/mol. The third-order valence-corrected chi connectivity index (χ3v) is 3.02. The van der Waals surface area contributed by atoms with Crippen molar-refractivity contribution in [1.29, 1.82) is 0 Å². The SMILES string of the molecule is CNCCCCCOc1ccccc1C(C)(C)C. The summed E-state index contributed by atoms with van der Waals surface area (Å²) in [6.45, 7) is 8.59. The highest BCUT2D eigenvalue weighted by molar-refractivity contribution is 5.38. The van der Waals surface area contributed by atoms with Gasteiger partial charge in [0.25, 0.3) is 0 Å². The molecule has 2 nitrogen and oxygen atoms in total. The molecule has 0 aromatic heterocycles. The predicted octanol–water partition coefficient (Wildman–Crippen LogP) is 3.75. The summed E-state index contributed by atoms with van der Waals surface area (Å²) in [4.78, 5) is 0. The zero-order valence-corrected chi connectivity index (χ0v) is 12.3. The average molecular weight is 249 g/mol. The molecule has 1 aromatic rings. The fourth-order valence-corrected chi connectivity index (χ4v) is 1.97. The van der Waals surface area contributed by atoms with Crippen LogP contribution in [-0.2, 0) is 5.41 Å². The Morgan fingerprint density at radius 3 is 2.44 bits per heavy atom. The van der Waals surface area contributed by atoms with Gasteiger partial charge in [-0.25, -0.2) is 0 Å². The highest BCUT2D eigenvalue weighted by Gasteiger charge is 2.17. The fourth-order valence-electron chi connectivity index (χ4n) is 1.97. The first-order valence-electron chi connectivity index (χ1n) is 6.92. The van der Waals surface area contributed by atoms with Gasteiger partial charge in [-0.1, -0.05) is 39.0 Å². The minimum absolute atomic E-state index is 0.142. The number of unbranched alkanes of at least 4 members (excludes halogenated alkanes) is 2. The molecule has 2 heteroatoms. The average Bonchev–Trinajstić information content (AvgIpc) is 2.33. The molecule has 0 fully saturated rings. The van der Waals surface area contributed by atoms with E-state index in [0.29, 0.717) is 0 Å². The molecule has 1 N–H and O–H groups in total. The summed E-state index contributed by atoms with van der Waals surface area (Å²) in [6.07, 6.45) is 3.57. The van der Waals surface area contributed by atoms with Crippen molar-refractivity contribution in [3.63, 3.8) is 0 Å². The molecule has 1 aromatic carbocycles. The van der Waals surface area contributed by atoms with Crippen LogP contribution in [0, 0.1) is 0 Å². The number of rotatable bonds is 7. The van der Waals surface area contributed by atoms with Crippen molar-refractivity contribution in [2.24, 2.45) is 0 Å². The van der Waals surface area contributed by atoms with E-state index in [1.807, 2.05) is 13.1 Å². The summed E-state index contributed by atoms with van der Waals surface area (Å²) >= 11 is 0. The highest BCUT2D eigenvalue weighted by atomic mass is 16.5. The van der Waals surface area contributed by atoms with Gasteiger partial charge in [-0.05, 0) is 49.9 Å². The number of nitrogens with one attached hydrogen (secondary N) is 1. The van der Waals surface area contributed by atoms with Crippen molar-refractivity contribution in [3.8, 4) is 5.75 Å². The van der Waals surface area contributed by atoms with Crippen LogP contribution in [0.3, 0.4) is 0 Å². The summed E-state index contributed by atoms with van der Waals surface area (Å²) in [5.41, 5.74) is 1.43. The van der Waals surface area contributed by atoms with Gasteiger partial charge < -0.3 is 10.1 Å². The number of benzene rings is 1. The van der Waals surface area contributed by atoms with E-state index in [2.05, 4.69) is 44.3 Å². The molecule has 0 radical (unpaired) electrons. The molecule has 102 valence electrons. The fraction of sp³-hybridized carbons (Fsp3) is 0.625. The Kier molecular flexibility index (Phi) is 6.20. The molecule has 0 saturated carbocycles. The molecule has 0 spiro atoms. The van der Waals surface area contributed by atoms with Crippen LogP contribution in [0.5, 0.6) is 5.75 Å². The third kappa shape index (κ3) is 5.09. The van der Waals surface area contributed by atoms with Crippen molar-refractivity contribution in [2.45, 2.75) is 45.4 Å². The summed E-state index contributed by atoms with van der Waals surface area (Å²) < 4.78 is 5.92. The largest absolute Gasteiger partial charge is 0.493 e. The third-order valence-electron chi connectivity index (χ3n) is 3.02. The van der Waals surface area contributed by atoms with Gasteiger partial charge in [-0.15, -0.1) is 0 Å². The lowest BCUT2D eigenvalue weighted by atomic mass is 9.86. The topological polar surface area (TPSA) is 21.3 Å². The summed E-state index contributed by atoms with van der Waals surface area (Å²) in [5.74, 6) is 1.04. The van der Waals surface area contributed by atoms with Crippen molar-refractivity contribution < 1.29 is 4.74 Å². The minimum atomic E-state index is 0.142. The molecule has 0 saturated heterocycles. The Bertz CT molecular complexity index is 341. The first-order chi connectivity index (χ1) is 8.55.